The number of imidazole rings is 1. The van der Waals surface area contributed by atoms with Crippen LogP contribution in [0, 0.1) is 0 Å². The third-order valence-corrected chi connectivity index (χ3v) is 4.44. The lowest BCUT2D eigenvalue weighted by molar-refractivity contribution is -0.118. The molecule has 1 aromatic heterocycles. The maximum Gasteiger partial charge on any atom is 0.250 e. The van der Waals surface area contributed by atoms with Gasteiger partial charge in [-0.3, -0.25) is 4.79 Å². The van der Waals surface area contributed by atoms with Gasteiger partial charge in [0, 0.05) is 12.6 Å². The summed E-state index contributed by atoms with van der Waals surface area (Å²) in [5.41, 5.74) is 4.91. The number of nitrogens with zero attached hydrogens (tertiary/aromatic N) is 3. The highest BCUT2D eigenvalue weighted by molar-refractivity contribution is 7.99. The second-order valence-corrected chi connectivity index (χ2v) is 6.03. The predicted molar refractivity (Wildman–Crippen MR) is 95.3 cm³/mol. The van der Waals surface area contributed by atoms with Gasteiger partial charge in [-0.05, 0) is 24.3 Å². The minimum atomic E-state index is -0.237. The number of benzene rings is 2. The van der Waals surface area contributed by atoms with Crippen molar-refractivity contribution in [2.45, 2.75) is 5.16 Å². The van der Waals surface area contributed by atoms with E-state index in [2.05, 4.69) is 15.5 Å². The zero-order valence-corrected chi connectivity index (χ0v) is 13.8. The molecular formula is C17H16N4O2S. The van der Waals surface area contributed by atoms with Crippen LogP contribution in [0.2, 0.25) is 0 Å². The number of aromatic hydroxyl groups is 1. The number of aryl methyl sites for hydroxylation is 1. The standard InChI is InChI=1S/C17H16N4O2S/c1-21-14-8-4-3-7-13(14)19-17(21)24-11-16(23)20-18-10-12-6-2-5-9-15(12)22/h2-10,22H,11H2,1H3,(H,20,23). The Labute approximate surface area is 143 Å². The lowest BCUT2D eigenvalue weighted by Crippen LogP contribution is -2.19. The summed E-state index contributed by atoms with van der Waals surface area (Å²) in [5, 5.41) is 14.2. The molecule has 2 aromatic carbocycles. The van der Waals surface area contributed by atoms with E-state index < -0.39 is 0 Å². The van der Waals surface area contributed by atoms with E-state index in [1.807, 2.05) is 35.9 Å². The van der Waals surface area contributed by atoms with Crippen LogP contribution in [0.3, 0.4) is 0 Å². The Bertz CT molecular complexity index is 904. The van der Waals surface area contributed by atoms with E-state index in [0.717, 1.165) is 16.2 Å². The average molecular weight is 340 g/mol. The topological polar surface area (TPSA) is 79.5 Å². The van der Waals surface area contributed by atoms with Crippen molar-refractivity contribution in [3.8, 4) is 5.75 Å². The number of nitrogens with one attached hydrogen (secondary N) is 1. The van der Waals surface area contributed by atoms with Crippen molar-refractivity contribution in [1.29, 1.82) is 0 Å². The number of phenolic OH excluding ortho intramolecular Hbond substituents is 1. The van der Waals surface area contributed by atoms with Crippen molar-refractivity contribution < 1.29 is 9.90 Å². The Morgan fingerprint density at radius 1 is 1.29 bits per heavy atom. The van der Waals surface area contributed by atoms with Crippen molar-refractivity contribution in [2.75, 3.05) is 5.75 Å². The summed E-state index contributed by atoms with van der Waals surface area (Å²) in [5.74, 6) is 0.0817. The second-order valence-electron chi connectivity index (χ2n) is 5.08. The van der Waals surface area contributed by atoms with Gasteiger partial charge in [-0.2, -0.15) is 5.10 Å². The molecule has 0 bridgehead atoms. The Kier molecular flexibility index (Phi) is 4.81. The normalized spacial score (nSPS) is 11.2. The molecule has 0 unspecified atom stereocenters. The molecule has 0 aliphatic rings. The number of thioether (sulfide) groups is 1. The number of rotatable bonds is 5. The number of carbonyl (C=O) groups excluding carboxylic acids is 1. The first-order valence-corrected chi connectivity index (χ1v) is 8.28. The molecule has 0 radical (unpaired) electrons. The smallest absolute Gasteiger partial charge is 0.250 e. The number of fused-ring (bicyclic) bond motifs is 1. The molecule has 0 aliphatic carbocycles. The van der Waals surface area contributed by atoms with Crippen LogP contribution in [-0.2, 0) is 11.8 Å². The molecular weight excluding hydrogens is 324 g/mol. The van der Waals surface area contributed by atoms with Crippen LogP contribution >= 0.6 is 11.8 Å². The van der Waals surface area contributed by atoms with Crippen LogP contribution in [0.5, 0.6) is 5.75 Å². The number of amides is 1. The van der Waals surface area contributed by atoms with Crippen LogP contribution < -0.4 is 5.43 Å². The van der Waals surface area contributed by atoms with Gasteiger partial charge < -0.3 is 9.67 Å². The average Bonchev–Trinajstić information content (AvgIpc) is 2.91. The van der Waals surface area contributed by atoms with Crippen LogP contribution in [0.15, 0.2) is 58.8 Å². The van der Waals surface area contributed by atoms with Crippen molar-refractivity contribution >= 4 is 34.9 Å². The third-order valence-electron chi connectivity index (χ3n) is 3.41. The molecule has 0 atom stereocenters. The van der Waals surface area contributed by atoms with Gasteiger partial charge in [0.2, 0.25) is 0 Å². The number of hydrogen-bond donors (Lipinski definition) is 2. The summed E-state index contributed by atoms with van der Waals surface area (Å²) in [6.45, 7) is 0. The number of hydrazone groups is 1. The molecule has 1 amide bonds. The highest BCUT2D eigenvalue weighted by atomic mass is 32.2. The summed E-state index contributed by atoms with van der Waals surface area (Å²) in [6.07, 6.45) is 1.41. The molecule has 2 N–H and O–H groups in total. The summed E-state index contributed by atoms with van der Waals surface area (Å²) < 4.78 is 1.96. The number of phenols is 1. The van der Waals surface area contributed by atoms with Crippen LogP contribution in [0.4, 0.5) is 0 Å². The first-order valence-electron chi connectivity index (χ1n) is 7.29. The zero-order valence-electron chi connectivity index (χ0n) is 13.0. The molecule has 0 saturated carbocycles. The van der Waals surface area contributed by atoms with Gasteiger partial charge in [-0.15, -0.1) is 0 Å². The van der Waals surface area contributed by atoms with Crippen LogP contribution in [0.1, 0.15) is 5.56 Å². The highest BCUT2D eigenvalue weighted by Gasteiger charge is 2.09. The van der Waals surface area contributed by atoms with Crippen molar-refractivity contribution in [1.82, 2.24) is 15.0 Å². The summed E-state index contributed by atoms with van der Waals surface area (Å²) in [4.78, 5) is 16.4. The number of para-hydroxylation sites is 3. The molecule has 7 heteroatoms. The Morgan fingerprint density at radius 3 is 2.83 bits per heavy atom. The zero-order chi connectivity index (χ0) is 16.9. The first-order chi connectivity index (χ1) is 11.6. The summed E-state index contributed by atoms with van der Waals surface area (Å²) in [7, 11) is 1.92. The summed E-state index contributed by atoms with van der Waals surface area (Å²) in [6, 6.07) is 14.6. The van der Waals surface area contributed by atoms with E-state index in [4.69, 9.17) is 0 Å². The fraction of sp³-hybridized carbons (Fsp3) is 0.118. The number of hydrogen-bond acceptors (Lipinski definition) is 5. The number of carbonyl (C=O) groups is 1. The molecule has 6 nitrogen and oxygen atoms in total. The molecule has 1 heterocycles. The third kappa shape index (κ3) is 3.57. The molecule has 24 heavy (non-hydrogen) atoms. The highest BCUT2D eigenvalue weighted by Crippen LogP contribution is 2.22. The van der Waals surface area contributed by atoms with Crippen molar-refractivity contribution in [3.05, 3.63) is 54.1 Å². The molecule has 3 rings (SSSR count). The van der Waals surface area contributed by atoms with Crippen molar-refractivity contribution in [3.63, 3.8) is 0 Å². The predicted octanol–water partition coefficient (Wildman–Crippen LogP) is 2.52. The molecule has 0 fully saturated rings. The quantitative estimate of drug-likeness (QED) is 0.425. The van der Waals surface area contributed by atoms with Crippen molar-refractivity contribution in [2.24, 2.45) is 12.1 Å². The molecule has 0 aliphatic heterocycles. The first kappa shape index (κ1) is 16.1. The van der Waals surface area contributed by atoms with Gasteiger partial charge >= 0.3 is 0 Å². The second kappa shape index (κ2) is 7.18. The SMILES string of the molecule is Cn1c(SCC(=O)NN=Cc2ccccc2O)nc2ccccc21. The van der Waals surface area contributed by atoms with Gasteiger partial charge in [-0.25, -0.2) is 10.4 Å². The Hall–Kier alpha value is -2.80. The minimum absolute atomic E-state index is 0.115. The van der Waals surface area contributed by atoms with E-state index >= 15 is 0 Å². The van der Waals surface area contributed by atoms with Gasteiger partial charge in [0.25, 0.3) is 5.91 Å². The fourth-order valence-electron chi connectivity index (χ4n) is 2.19. The minimum Gasteiger partial charge on any atom is -0.507 e. The van der Waals surface area contributed by atoms with E-state index in [1.165, 1.54) is 18.0 Å². The Morgan fingerprint density at radius 2 is 2.04 bits per heavy atom. The van der Waals surface area contributed by atoms with E-state index in [0.29, 0.717) is 5.56 Å². The van der Waals surface area contributed by atoms with Gasteiger partial charge in [-0.1, -0.05) is 36.0 Å². The Balaban J connectivity index is 1.57. The fourth-order valence-corrected chi connectivity index (χ4v) is 2.97. The molecule has 3 aromatic rings. The number of aromatic nitrogens is 2. The molecule has 122 valence electrons. The maximum absolute atomic E-state index is 11.9. The van der Waals surface area contributed by atoms with E-state index in [1.54, 1.807) is 24.3 Å². The van der Waals surface area contributed by atoms with Gasteiger partial charge in [0.05, 0.1) is 23.0 Å². The molecule has 0 saturated heterocycles. The van der Waals surface area contributed by atoms with Gasteiger partial charge in [0.15, 0.2) is 5.16 Å². The van der Waals surface area contributed by atoms with E-state index in [9.17, 15) is 9.90 Å². The summed E-state index contributed by atoms with van der Waals surface area (Å²) >= 11 is 1.35. The lowest BCUT2D eigenvalue weighted by Gasteiger charge is -2.02. The van der Waals surface area contributed by atoms with Crippen LogP contribution in [-0.4, -0.2) is 32.5 Å². The monoisotopic (exact) mass is 340 g/mol. The lowest BCUT2D eigenvalue weighted by atomic mass is 10.2. The molecule has 0 spiro atoms. The largest absolute Gasteiger partial charge is 0.507 e. The van der Waals surface area contributed by atoms with Crippen LogP contribution in [0.25, 0.3) is 11.0 Å². The maximum atomic E-state index is 11.9. The van der Waals surface area contributed by atoms with Gasteiger partial charge in [0.1, 0.15) is 5.75 Å². The van der Waals surface area contributed by atoms with E-state index in [-0.39, 0.29) is 17.4 Å².